The van der Waals surface area contributed by atoms with Crippen molar-refractivity contribution in [2.24, 2.45) is 5.92 Å². The van der Waals surface area contributed by atoms with Gasteiger partial charge in [-0.15, -0.1) is 0 Å². The van der Waals surface area contributed by atoms with Crippen molar-refractivity contribution in [2.75, 3.05) is 25.7 Å². The molecule has 12 nitrogen and oxygen atoms in total. The molecule has 0 bridgehead atoms. The lowest BCUT2D eigenvalue weighted by atomic mass is 9.71. The number of methoxy groups -OCH3 is 2. The molecular weight excluding hydrogens is 628 g/mol. The van der Waals surface area contributed by atoms with E-state index in [1.807, 2.05) is 56.0 Å². The first-order valence-corrected chi connectivity index (χ1v) is 16.0. The molecule has 2 heterocycles. The summed E-state index contributed by atoms with van der Waals surface area (Å²) in [4.78, 5) is 37.7. The third-order valence-electron chi connectivity index (χ3n) is 10.1. The van der Waals surface area contributed by atoms with Gasteiger partial charge >= 0.3 is 0 Å². The first-order valence-electron chi connectivity index (χ1n) is 16.0. The van der Waals surface area contributed by atoms with Crippen LogP contribution in [0.15, 0.2) is 78.0 Å². The highest BCUT2D eigenvalue weighted by atomic mass is 16.6. The summed E-state index contributed by atoms with van der Waals surface area (Å²) >= 11 is 0. The maximum absolute atomic E-state index is 13.9. The molecule has 0 radical (unpaired) electrons. The molecule has 2 aliphatic heterocycles. The normalized spacial score (nSPS) is 21.9. The van der Waals surface area contributed by atoms with Gasteiger partial charge in [0.1, 0.15) is 18.0 Å². The van der Waals surface area contributed by atoms with Gasteiger partial charge in [-0.25, -0.2) is 0 Å². The molecular formula is C37H38N4O8. The molecule has 1 saturated carbocycles. The van der Waals surface area contributed by atoms with Gasteiger partial charge in [-0.2, -0.15) is 4.58 Å². The Labute approximate surface area is 283 Å². The summed E-state index contributed by atoms with van der Waals surface area (Å²) in [6.45, 7) is 10.8. The number of nitro benzene ring substituents is 2. The predicted molar refractivity (Wildman–Crippen MR) is 182 cm³/mol. The number of allylic oxidation sites excluding steroid dienone is 2. The van der Waals surface area contributed by atoms with Gasteiger partial charge in [-0.1, -0.05) is 26.0 Å². The zero-order valence-electron chi connectivity index (χ0n) is 28.5. The number of non-ortho nitro benzene ring substituents is 2. The van der Waals surface area contributed by atoms with E-state index in [0.29, 0.717) is 23.6 Å². The standard InChI is InChI=1S/C37H38N4O8/c1-8-38-30-11-9-24(48-6)16-28(30)36(2,3)32(38)18-26-34(42)27(35(26)43)19-33-37(4,5)29-17-25(49-7)10-12-31(29)39(33)20-21-13-22(40(44)45)15-23(14-21)41(46)47/h9-19,27,34H,8,20H2,1-7H3. The Balaban J connectivity index is 1.40. The first kappa shape index (κ1) is 33.5. The number of anilines is 1. The van der Waals surface area contributed by atoms with E-state index in [-0.39, 0.29) is 17.9 Å². The molecule has 3 aliphatic rings. The van der Waals surface area contributed by atoms with Crippen LogP contribution in [0.2, 0.25) is 0 Å². The van der Waals surface area contributed by atoms with Crippen LogP contribution in [-0.4, -0.2) is 52.8 Å². The van der Waals surface area contributed by atoms with E-state index in [1.165, 1.54) is 12.1 Å². The smallest absolute Gasteiger partial charge is 0.276 e. The number of nitro groups is 2. The number of benzene rings is 3. The number of hydrogen-bond donors (Lipinski definition) is 0. The molecule has 2 unspecified atom stereocenters. The van der Waals surface area contributed by atoms with E-state index in [1.54, 1.807) is 32.4 Å². The average Bonchev–Trinajstić information content (AvgIpc) is 3.42. The van der Waals surface area contributed by atoms with Crippen molar-refractivity contribution in [3.8, 4) is 11.5 Å². The molecule has 6 rings (SSSR count). The number of rotatable bonds is 9. The Morgan fingerprint density at radius 2 is 1.47 bits per heavy atom. The summed E-state index contributed by atoms with van der Waals surface area (Å²) in [5.41, 5.74) is 3.71. The molecule has 3 aromatic rings. The summed E-state index contributed by atoms with van der Waals surface area (Å²) < 4.78 is 13.1. The monoisotopic (exact) mass is 666 g/mol. The molecule has 0 N–H and O–H groups in total. The fraction of sp³-hybridized carbons (Fsp3) is 0.351. The number of ether oxygens (including phenoxy) is 2. The minimum Gasteiger partial charge on any atom is -0.848 e. The van der Waals surface area contributed by atoms with Gasteiger partial charge < -0.3 is 19.5 Å². The number of Topliss-reactive ketones (excluding diaryl/α,β-unsaturated/α-hetero) is 1. The lowest BCUT2D eigenvalue weighted by molar-refractivity contribution is -0.433. The van der Waals surface area contributed by atoms with E-state index in [0.717, 1.165) is 40.0 Å². The van der Waals surface area contributed by atoms with Crippen molar-refractivity contribution in [3.05, 3.63) is 115 Å². The van der Waals surface area contributed by atoms with Crippen LogP contribution in [0.1, 0.15) is 51.3 Å². The number of carbonyl (C=O) groups is 1. The first-order chi connectivity index (χ1) is 23.1. The highest BCUT2D eigenvalue weighted by Crippen LogP contribution is 2.51. The number of fused-ring (bicyclic) bond motifs is 2. The molecule has 3 aromatic carbocycles. The Bertz CT molecular complexity index is 1990. The molecule has 0 spiro atoms. The summed E-state index contributed by atoms with van der Waals surface area (Å²) in [7, 11) is 3.18. The minimum atomic E-state index is -1.32. The summed E-state index contributed by atoms with van der Waals surface area (Å²) in [5, 5.41) is 37.2. The van der Waals surface area contributed by atoms with Crippen molar-refractivity contribution < 1.29 is 33.8 Å². The maximum atomic E-state index is 13.9. The second-order valence-electron chi connectivity index (χ2n) is 13.6. The molecule has 1 aliphatic carbocycles. The van der Waals surface area contributed by atoms with Crippen molar-refractivity contribution in [1.82, 2.24) is 0 Å². The van der Waals surface area contributed by atoms with Gasteiger partial charge in [0.15, 0.2) is 11.5 Å². The molecule has 0 aromatic heterocycles. The van der Waals surface area contributed by atoms with Gasteiger partial charge in [0, 0.05) is 59.1 Å². The third kappa shape index (κ3) is 5.36. The molecule has 1 fully saturated rings. The van der Waals surface area contributed by atoms with Crippen LogP contribution >= 0.6 is 0 Å². The number of ketones is 1. The topological polar surface area (TPSA) is 151 Å². The highest BCUT2D eigenvalue weighted by molar-refractivity contribution is 6.14. The van der Waals surface area contributed by atoms with Crippen molar-refractivity contribution in [1.29, 1.82) is 0 Å². The fourth-order valence-electron chi connectivity index (χ4n) is 7.38. The SMILES string of the molecule is CC[N+]1=C(C=C2C(=O)C(C=C3N(Cc4cc([N+](=O)[O-])cc([N+](=O)[O-])c4)c4ccc(OC)cc4C3(C)C)C2[O-])C(C)(C)c2cc(OC)ccc21. The van der Waals surface area contributed by atoms with E-state index in [4.69, 9.17) is 9.47 Å². The summed E-state index contributed by atoms with van der Waals surface area (Å²) in [6.07, 6.45) is 2.14. The van der Waals surface area contributed by atoms with Gasteiger partial charge in [0.2, 0.25) is 5.69 Å². The Kier molecular flexibility index (Phi) is 8.18. The molecule has 12 heteroatoms. The van der Waals surface area contributed by atoms with Crippen molar-refractivity contribution in [3.63, 3.8) is 0 Å². The third-order valence-corrected chi connectivity index (χ3v) is 10.1. The van der Waals surface area contributed by atoms with Gasteiger partial charge in [-0.3, -0.25) is 25.0 Å². The Hall–Kier alpha value is -5.36. The van der Waals surface area contributed by atoms with Gasteiger partial charge in [0.25, 0.3) is 11.4 Å². The Morgan fingerprint density at radius 3 is 2.02 bits per heavy atom. The van der Waals surface area contributed by atoms with Crippen molar-refractivity contribution in [2.45, 2.75) is 58.1 Å². The van der Waals surface area contributed by atoms with Crippen LogP contribution in [0.3, 0.4) is 0 Å². The van der Waals surface area contributed by atoms with Crippen LogP contribution in [0.25, 0.3) is 0 Å². The molecule has 0 amide bonds. The Morgan fingerprint density at radius 1 is 0.878 bits per heavy atom. The van der Waals surface area contributed by atoms with Gasteiger partial charge in [0.05, 0.1) is 35.5 Å². The fourth-order valence-corrected chi connectivity index (χ4v) is 7.38. The molecule has 254 valence electrons. The number of hydrogen-bond acceptors (Lipinski definition) is 9. The molecule has 2 atom stereocenters. The van der Waals surface area contributed by atoms with E-state index in [2.05, 4.69) is 18.4 Å². The van der Waals surface area contributed by atoms with Crippen LogP contribution in [0.4, 0.5) is 22.7 Å². The second kappa shape index (κ2) is 12.0. The summed E-state index contributed by atoms with van der Waals surface area (Å²) in [5.74, 6) is 0.116. The van der Waals surface area contributed by atoms with E-state index in [9.17, 15) is 30.1 Å². The van der Waals surface area contributed by atoms with Crippen LogP contribution in [0.5, 0.6) is 11.5 Å². The largest absolute Gasteiger partial charge is 0.848 e. The van der Waals surface area contributed by atoms with Crippen LogP contribution in [-0.2, 0) is 22.2 Å². The predicted octanol–water partition coefficient (Wildman–Crippen LogP) is 5.65. The van der Waals surface area contributed by atoms with E-state index < -0.39 is 44.1 Å². The zero-order chi connectivity index (χ0) is 35.6. The lowest BCUT2D eigenvalue weighted by Crippen LogP contribution is -2.53. The minimum absolute atomic E-state index is 0.0313. The lowest BCUT2D eigenvalue weighted by Gasteiger charge is -2.43. The molecule has 0 saturated heterocycles. The van der Waals surface area contributed by atoms with Crippen LogP contribution < -0.4 is 19.5 Å². The zero-order valence-corrected chi connectivity index (χ0v) is 28.5. The average molecular weight is 667 g/mol. The maximum Gasteiger partial charge on any atom is 0.276 e. The van der Waals surface area contributed by atoms with E-state index >= 15 is 0 Å². The highest BCUT2D eigenvalue weighted by Gasteiger charge is 2.48. The van der Waals surface area contributed by atoms with Gasteiger partial charge in [-0.05, 0) is 67.8 Å². The quantitative estimate of drug-likeness (QED) is 0.122. The van der Waals surface area contributed by atoms with Crippen molar-refractivity contribution >= 4 is 34.2 Å². The summed E-state index contributed by atoms with van der Waals surface area (Å²) in [6, 6.07) is 14.9. The second-order valence-corrected chi connectivity index (χ2v) is 13.6. The number of nitrogens with zero attached hydrogens (tertiary/aromatic N) is 4. The number of carbonyl (C=O) groups excluding carboxylic acids is 1. The van der Waals surface area contributed by atoms with Crippen LogP contribution in [0, 0.1) is 26.1 Å². The molecule has 49 heavy (non-hydrogen) atoms.